The van der Waals surface area contributed by atoms with Gasteiger partial charge in [0.2, 0.25) is 5.91 Å². The predicted molar refractivity (Wildman–Crippen MR) is 73.0 cm³/mol. The van der Waals surface area contributed by atoms with Gasteiger partial charge in [-0.05, 0) is 36.1 Å². The third-order valence-electron chi connectivity index (χ3n) is 4.15. The van der Waals surface area contributed by atoms with Crippen LogP contribution in [0.2, 0.25) is 0 Å². The van der Waals surface area contributed by atoms with Crippen LogP contribution in [0.3, 0.4) is 0 Å². The van der Waals surface area contributed by atoms with E-state index in [1.165, 1.54) is 18.6 Å². The summed E-state index contributed by atoms with van der Waals surface area (Å²) in [6, 6.07) is 6.43. The Kier molecular flexibility index (Phi) is 3.13. The fourth-order valence-electron chi connectivity index (χ4n) is 3.22. The highest BCUT2D eigenvalue weighted by Crippen LogP contribution is 2.36. The predicted octanol–water partition coefficient (Wildman–Crippen LogP) is 3.43. The molecule has 2 nitrogen and oxygen atoms in total. The van der Waals surface area contributed by atoms with Gasteiger partial charge in [0.25, 0.3) is 0 Å². The lowest BCUT2D eigenvalue weighted by molar-refractivity contribution is -0.122. The van der Waals surface area contributed by atoms with Gasteiger partial charge in [-0.25, -0.2) is 4.39 Å². The SMILES string of the molecule is O=C1CC(c2ccc(F)cc2)=CC2(CCCCC2)N1. The van der Waals surface area contributed by atoms with Crippen LogP contribution in [0.15, 0.2) is 30.3 Å². The van der Waals surface area contributed by atoms with Gasteiger partial charge in [-0.2, -0.15) is 0 Å². The summed E-state index contributed by atoms with van der Waals surface area (Å²) in [4.78, 5) is 12.0. The Balaban J connectivity index is 1.95. The summed E-state index contributed by atoms with van der Waals surface area (Å²) in [5.41, 5.74) is 1.84. The smallest absolute Gasteiger partial charge is 0.225 e. The lowest BCUT2D eigenvalue weighted by Crippen LogP contribution is -2.50. The van der Waals surface area contributed by atoms with E-state index in [4.69, 9.17) is 0 Å². The number of hydrogen-bond acceptors (Lipinski definition) is 1. The van der Waals surface area contributed by atoms with Gasteiger partial charge in [-0.1, -0.05) is 37.5 Å². The molecular weight excluding hydrogens is 241 g/mol. The van der Waals surface area contributed by atoms with Crippen LogP contribution in [-0.4, -0.2) is 11.4 Å². The molecule has 1 saturated carbocycles. The molecule has 0 bridgehead atoms. The normalized spacial score (nSPS) is 21.9. The van der Waals surface area contributed by atoms with Gasteiger partial charge >= 0.3 is 0 Å². The summed E-state index contributed by atoms with van der Waals surface area (Å²) >= 11 is 0. The zero-order valence-electron chi connectivity index (χ0n) is 10.9. The molecule has 1 aromatic rings. The van der Waals surface area contributed by atoms with Gasteiger partial charge < -0.3 is 5.32 Å². The molecule has 3 rings (SSSR count). The van der Waals surface area contributed by atoms with E-state index in [1.807, 2.05) is 0 Å². The van der Waals surface area contributed by atoms with Crippen LogP contribution < -0.4 is 5.32 Å². The summed E-state index contributed by atoms with van der Waals surface area (Å²) in [5.74, 6) is -0.152. The second-order valence-electron chi connectivity index (χ2n) is 5.62. The van der Waals surface area contributed by atoms with E-state index in [0.29, 0.717) is 6.42 Å². The van der Waals surface area contributed by atoms with Crippen LogP contribution in [0.25, 0.3) is 5.57 Å². The Bertz CT molecular complexity index is 512. The number of benzene rings is 1. The summed E-state index contributed by atoms with van der Waals surface area (Å²) < 4.78 is 13.0. The fraction of sp³-hybridized carbons (Fsp3) is 0.438. The number of carbonyl (C=O) groups is 1. The molecule has 2 aliphatic rings. The van der Waals surface area contributed by atoms with Gasteiger partial charge in [0, 0.05) is 0 Å². The molecule has 1 N–H and O–H groups in total. The van der Waals surface area contributed by atoms with Crippen molar-refractivity contribution in [2.75, 3.05) is 0 Å². The fourth-order valence-corrected chi connectivity index (χ4v) is 3.22. The third-order valence-corrected chi connectivity index (χ3v) is 4.15. The topological polar surface area (TPSA) is 29.1 Å². The van der Waals surface area contributed by atoms with Crippen molar-refractivity contribution in [1.29, 1.82) is 0 Å². The maximum absolute atomic E-state index is 13.0. The minimum Gasteiger partial charge on any atom is -0.347 e. The van der Waals surface area contributed by atoms with E-state index < -0.39 is 0 Å². The standard InChI is InChI=1S/C16H18FNO/c17-14-6-4-12(5-7-14)13-10-15(19)18-16(11-13)8-2-1-3-9-16/h4-7,11H,1-3,8-10H2,(H,18,19). The molecule has 0 radical (unpaired) electrons. The van der Waals surface area contributed by atoms with Gasteiger partial charge in [-0.15, -0.1) is 0 Å². The largest absolute Gasteiger partial charge is 0.347 e. The van der Waals surface area contributed by atoms with Gasteiger partial charge in [0.15, 0.2) is 0 Å². The first-order valence-electron chi connectivity index (χ1n) is 6.96. The van der Waals surface area contributed by atoms with Crippen molar-refractivity contribution >= 4 is 11.5 Å². The molecule has 1 aliphatic heterocycles. The maximum Gasteiger partial charge on any atom is 0.225 e. The number of carbonyl (C=O) groups excluding carboxylic acids is 1. The van der Waals surface area contributed by atoms with Crippen molar-refractivity contribution in [3.05, 3.63) is 41.7 Å². The maximum atomic E-state index is 13.0. The van der Waals surface area contributed by atoms with E-state index in [9.17, 15) is 9.18 Å². The minimum absolute atomic E-state index is 0.0868. The second kappa shape index (κ2) is 4.80. The van der Waals surface area contributed by atoms with Crippen LogP contribution in [0.1, 0.15) is 44.1 Å². The first kappa shape index (κ1) is 12.4. The molecule has 1 aliphatic carbocycles. The Labute approximate surface area is 112 Å². The molecule has 1 fully saturated rings. The average Bonchev–Trinajstić information content (AvgIpc) is 2.39. The van der Waals surface area contributed by atoms with Gasteiger partial charge in [0.05, 0.1) is 12.0 Å². The van der Waals surface area contributed by atoms with Crippen molar-refractivity contribution in [3.8, 4) is 0 Å². The van der Waals surface area contributed by atoms with E-state index in [1.54, 1.807) is 12.1 Å². The highest BCUT2D eigenvalue weighted by atomic mass is 19.1. The summed E-state index contributed by atoms with van der Waals surface area (Å²) in [6.45, 7) is 0. The number of nitrogens with one attached hydrogen (secondary N) is 1. The summed E-state index contributed by atoms with van der Waals surface area (Å²) in [7, 11) is 0. The minimum atomic E-state index is -0.239. The van der Waals surface area contributed by atoms with Gasteiger partial charge in [0.1, 0.15) is 5.82 Å². The zero-order valence-corrected chi connectivity index (χ0v) is 10.9. The number of rotatable bonds is 1. The molecule has 1 heterocycles. The van der Waals surface area contributed by atoms with E-state index in [2.05, 4.69) is 11.4 Å². The van der Waals surface area contributed by atoms with Crippen LogP contribution in [0.4, 0.5) is 4.39 Å². The molecule has 0 unspecified atom stereocenters. The van der Waals surface area contributed by atoms with Crippen LogP contribution in [0, 0.1) is 5.82 Å². The third kappa shape index (κ3) is 2.55. The molecule has 3 heteroatoms. The Hall–Kier alpha value is -1.64. The molecular formula is C16H18FNO. The van der Waals surface area contributed by atoms with Crippen molar-refractivity contribution in [1.82, 2.24) is 5.32 Å². The Morgan fingerprint density at radius 1 is 1.05 bits per heavy atom. The molecule has 1 aromatic carbocycles. The summed E-state index contributed by atoms with van der Waals surface area (Å²) in [5, 5.41) is 3.15. The Morgan fingerprint density at radius 3 is 2.42 bits per heavy atom. The highest BCUT2D eigenvalue weighted by Gasteiger charge is 2.35. The van der Waals surface area contributed by atoms with Crippen molar-refractivity contribution < 1.29 is 9.18 Å². The lowest BCUT2D eigenvalue weighted by Gasteiger charge is -2.39. The number of halogens is 1. The number of amides is 1. The zero-order chi connectivity index (χ0) is 13.3. The highest BCUT2D eigenvalue weighted by molar-refractivity contribution is 5.92. The van der Waals surface area contributed by atoms with Gasteiger partial charge in [-0.3, -0.25) is 4.79 Å². The van der Waals surface area contributed by atoms with Crippen LogP contribution in [-0.2, 0) is 4.79 Å². The average molecular weight is 259 g/mol. The first-order chi connectivity index (χ1) is 9.17. The lowest BCUT2D eigenvalue weighted by atomic mass is 9.77. The van der Waals surface area contributed by atoms with Crippen molar-refractivity contribution in [2.45, 2.75) is 44.1 Å². The molecule has 1 spiro atoms. The van der Waals surface area contributed by atoms with Crippen LogP contribution in [0.5, 0.6) is 0 Å². The monoisotopic (exact) mass is 259 g/mol. The molecule has 1 amide bonds. The van der Waals surface area contributed by atoms with E-state index >= 15 is 0 Å². The van der Waals surface area contributed by atoms with Crippen molar-refractivity contribution in [3.63, 3.8) is 0 Å². The molecule has 19 heavy (non-hydrogen) atoms. The Morgan fingerprint density at radius 2 is 1.74 bits per heavy atom. The molecule has 0 aromatic heterocycles. The van der Waals surface area contributed by atoms with Crippen molar-refractivity contribution in [2.24, 2.45) is 0 Å². The van der Waals surface area contributed by atoms with E-state index in [0.717, 1.165) is 36.8 Å². The molecule has 0 atom stereocenters. The number of hydrogen-bond donors (Lipinski definition) is 1. The molecule has 100 valence electrons. The summed E-state index contributed by atoms with van der Waals surface area (Å²) in [6.07, 6.45) is 8.21. The van der Waals surface area contributed by atoms with E-state index in [-0.39, 0.29) is 17.3 Å². The second-order valence-corrected chi connectivity index (χ2v) is 5.62. The van der Waals surface area contributed by atoms with Crippen LogP contribution >= 0.6 is 0 Å². The quantitative estimate of drug-likeness (QED) is 0.822. The first-order valence-corrected chi connectivity index (χ1v) is 6.96. The molecule has 0 saturated heterocycles.